The molecule has 0 spiro atoms. The second-order valence-corrected chi connectivity index (χ2v) is 3.68. The second-order valence-electron chi connectivity index (χ2n) is 3.68. The number of aromatic nitrogens is 2. The van der Waals surface area contributed by atoms with Gasteiger partial charge in [-0.3, -0.25) is 9.36 Å². The van der Waals surface area contributed by atoms with Crippen LogP contribution in [0.2, 0.25) is 0 Å². The van der Waals surface area contributed by atoms with Gasteiger partial charge in [0.05, 0.1) is 12.7 Å². The average Bonchev–Trinajstić information content (AvgIpc) is 2.87. The van der Waals surface area contributed by atoms with Crippen molar-refractivity contribution in [2.24, 2.45) is 0 Å². The lowest BCUT2D eigenvalue weighted by molar-refractivity contribution is -0.0256. The van der Waals surface area contributed by atoms with Crippen LogP contribution in [0.15, 0.2) is 17.1 Å². The number of fused-ring (bicyclic) bond motifs is 3. The second kappa shape index (κ2) is 4.85. The van der Waals surface area contributed by atoms with Crippen molar-refractivity contribution in [3.63, 3.8) is 0 Å². The van der Waals surface area contributed by atoms with Gasteiger partial charge in [0.25, 0.3) is 5.56 Å². The van der Waals surface area contributed by atoms with Crippen LogP contribution in [0.5, 0.6) is 6.01 Å². The molecule has 6 heteroatoms. The zero-order valence-electron chi connectivity index (χ0n) is 9.87. The van der Waals surface area contributed by atoms with Crippen molar-refractivity contribution in [2.45, 2.75) is 38.7 Å². The molecule has 6 nitrogen and oxygen atoms in total. The Labute approximate surface area is 98.8 Å². The summed E-state index contributed by atoms with van der Waals surface area (Å²) in [7, 11) is 0. The highest BCUT2D eigenvalue weighted by Gasteiger charge is 2.43. The summed E-state index contributed by atoms with van der Waals surface area (Å²) in [5.41, 5.74) is -0.320. The first-order valence-corrected chi connectivity index (χ1v) is 5.80. The van der Waals surface area contributed by atoms with Crippen LogP contribution in [-0.4, -0.2) is 33.5 Å². The largest absolute Gasteiger partial charge is 0.456 e. The van der Waals surface area contributed by atoms with Gasteiger partial charge in [0.15, 0.2) is 6.23 Å². The van der Waals surface area contributed by atoms with Gasteiger partial charge in [0.1, 0.15) is 6.10 Å². The first-order chi connectivity index (χ1) is 8.28. The third kappa shape index (κ3) is 2.05. The topological polar surface area (TPSA) is 73.6 Å². The van der Waals surface area contributed by atoms with E-state index in [4.69, 9.17) is 14.6 Å². The molecular formula is C11H16N2O4. The molecule has 17 heavy (non-hydrogen) atoms. The van der Waals surface area contributed by atoms with Gasteiger partial charge in [-0.05, 0) is 0 Å². The molecule has 0 aliphatic carbocycles. The molecule has 0 aromatic carbocycles. The molecule has 3 heterocycles. The average molecular weight is 240 g/mol. The van der Waals surface area contributed by atoms with E-state index in [1.54, 1.807) is 10.8 Å². The van der Waals surface area contributed by atoms with Crippen LogP contribution in [0, 0.1) is 0 Å². The third-order valence-corrected chi connectivity index (χ3v) is 2.68. The normalized spacial score (nSPS) is 28.8. The fraction of sp³-hybridized carbons (Fsp3) is 0.636. The van der Waals surface area contributed by atoms with Crippen molar-refractivity contribution < 1.29 is 14.6 Å². The minimum absolute atomic E-state index is 0.0146. The SMILES string of the molecule is CC.O=c1ccn2c(n1)OC1CC(CO)OC12. The van der Waals surface area contributed by atoms with Crippen LogP contribution < -0.4 is 10.3 Å². The number of ether oxygens (including phenoxy) is 2. The number of aliphatic hydroxyl groups excluding tert-OH is 1. The minimum Gasteiger partial charge on any atom is -0.456 e. The van der Waals surface area contributed by atoms with Crippen LogP contribution in [0.3, 0.4) is 0 Å². The minimum atomic E-state index is -0.320. The smallest absolute Gasteiger partial charge is 0.302 e. The van der Waals surface area contributed by atoms with E-state index in [2.05, 4.69) is 4.98 Å². The summed E-state index contributed by atoms with van der Waals surface area (Å²) < 4.78 is 12.7. The lowest BCUT2D eigenvalue weighted by Crippen LogP contribution is -2.16. The fourth-order valence-electron chi connectivity index (χ4n) is 2.00. The summed E-state index contributed by atoms with van der Waals surface area (Å²) in [6, 6.07) is 1.67. The summed E-state index contributed by atoms with van der Waals surface area (Å²) >= 11 is 0. The van der Waals surface area contributed by atoms with E-state index in [0.717, 1.165) is 0 Å². The van der Waals surface area contributed by atoms with Crippen LogP contribution >= 0.6 is 0 Å². The fourth-order valence-corrected chi connectivity index (χ4v) is 2.00. The highest BCUT2D eigenvalue weighted by atomic mass is 16.6. The van der Waals surface area contributed by atoms with Crippen molar-refractivity contribution in [3.8, 4) is 6.01 Å². The Balaban J connectivity index is 0.000000514. The molecule has 3 rings (SSSR count). The number of hydrogen-bond acceptors (Lipinski definition) is 5. The number of rotatable bonds is 1. The maximum atomic E-state index is 11.0. The molecule has 1 saturated heterocycles. The molecule has 0 amide bonds. The zero-order valence-corrected chi connectivity index (χ0v) is 9.87. The quantitative estimate of drug-likeness (QED) is 0.764. The maximum Gasteiger partial charge on any atom is 0.302 e. The lowest BCUT2D eigenvalue weighted by atomic mass is 10.2. The summed E-state index contributed by atoms with van der Waals surface area (Å²) in [6.07, 6.45) is 1.64. The molecule has 0 saturated carbocycles. The molecule has 94 valence electrons. The van der Waals surface area contributed by atoms with E-state index >= 15 is 0 Å². The Kier molecular flexibility index (Phi) is 3.44. The predicted molar refractivity (Wildman–Crippen MR) is 59.9 cm³/mol. The summed E-state index contributed by atoms with van der Waals surface area (Å²) in [6.45, 7) is 3.99. The van der Waals surface area contributed by atoms with Crippen molar-refractivity contribution >= 4 is 0 Å². The summed E-state index contributed by atoms with van der Waals surface area (Å²) in [5, 5.41) is 8.96. The molecule has 2 aliphatic rings. The molecule has 3 unspecified atom stereocenters. The number of nitrogens with zero attached hydrogens (tertiary/aromatic N) is 2. The molecule has 3 atom stereocenters. The highest BCUT2D eigenvalue weighted by molar-refractivity contribution is 5.08. The van der Waals surface area contributed by atoms with Crippen molar-refractivity contribution in [1.82, 2.24) is 9.55 Å². The van der Waals surface area contributed by atoms with Gasteiger partial charge in [0.2, 0.25) is 0 Å². The Morgan fingerprint density at radius 3 is 3.06 bits per heavy atom. The van der Waals surface area contributed by atoms with Crippen LogP contribution in [-0.2, 0) is 4.74 Å². The van der Waals surface area contributed by atoms with Gasteiger partial charge >= 0.3 is 6.01 Å². The van der Waals surface area contributed by atoms with Gasteiger partial charge in [-0.2, -0.15) is 4.98 Å². The van der Waals surface area contributed by atoms with Crippen LogP contribution in [0.1, 0.15) is 26.5 Å². The molecular weight excluding hydrogens is 224 g/mol. The zero-order chi connectivity index (χ0) is 12.4. The molecule has 1 aromatic rings. The van der Waals surface area contributed by atoms with E-state index < -0.39 is 0 Å². The van der Waals surface area contributed by atoms with Crippen molar-refractivity contribution in [3.05, 3.63) is 22.6 Å². The van der Waals surface area contributed by atoms with E-state index in [0.29, 0.717) is 12.4 Å². The Bertz CT molecular complexity index is 445. The summed E-state index contributed by atoms with van der Waals surface area (Å²) in [4.78, 5) is 14.7. The molecule has 0 bridgehead atoms. The van der Waals surface area contributed by atoms with Gasteiger partial charge < -0.3 is 14.6 Å². The maximum absolute atomic E-state index is 11.0. The van der Waals surface area contributed by atoms with Crippen molar-refractivity contribution in [1.29, 1.82) is 0 Å². The first-order valence-electron chi connectivity index (χ1n) is 5.80. The van der Waals surface area contributed by atoms with Gasteiger partial charge in [-0.25, -0.2) is 0 Å². The monoisotopic (exact) mass is 240 g/mol. The Morgan fingerprint density at radius 1 is 1.59 bits per heavy atom. The predicted octanol–water partition coefficient (Wildman–Crippen LogP) is 0.310. The van der Waals surface area contributed by atoms with E-state index in [1.165, 1.54) is 6.07 Å². The Morgan fingerprint density at radius 2 is 2.35 bits per heavy atom. The van der Waals surface area contributed by atoms with Crippen LogP contribution in [0.25, 0.3) is 0 Å². The molecule has 2 aliphatic heterocycles. The van der Waals surface area contributed by atoms with E-state index in [1.807, 2.05) is 13.8 Å². The standard InChI is InChI=1S/C9H10N2O4.C2H6/c12-4-5-3-6-8(14-5)11-2-1-7(13)10-9(11)15-6;1-2/h1-2,5-6,8,12H,3-4H2;1-2H3. The van der Waals surface area contributed by atoms with E-state index in [9.17, 15) is 4.79 Å². The molecule has 1 aromatic heterocycles. The molecule has 1 fully saturated rings. The molecule has 0 radical (unpaired) electrons. The summed E-state index contributed by atoms with van der Waals surface area (Å²) in [5.74, 6) is 0. The van der Waals surface area contributed by atoms with Crippen molar-refractivity contribution in [2.75, 3.05) is 6.61 Å². The molecule has 1 N–H and O–H groups in total. The third-order valence-electron chi connectivity index (χ3n) is 2.68. The Hall–Kier alpha value is -1.40. The van der Waals surface area contributed by atoms with Gasteiger partial charge in [-0.1, -0.05) is 13.8 Å². The lowest BCUT2D eigenvalue weighted by Gasteiger charge is -2.11. The number of hydrogen-bond donors (Lipinski definition) is 1. The van der Waals surface area contributed by atoms with E-state index in [-0.39, 0.29) is 30.6 Å². The first kappa shape index (κ1) is 12.1. The number of aliphatic hydroxyl groups is 1. The highest BCUT2D eigenvalue weighted by Crippen LogP contribution is 2.38. The van der Waals surface area contributed by atoms with Gasteiger partial charge in [-0.15, -0.1) is 0 Å². The van der Waals surface area contributed by atoms with Crippen LogP contribution in [0.4, 0.5) is 0 Å². The van der Waals surface area contributed by atoms with Gasteiger partial charge in [0, 0.05) is 18.7 Å².